The van der Waals surface area contributed by atoms with Crippen LogP contribution in [0.5, 0.6) is 5.75 Å². The SMILES string of the molecule is Cc1ccc(OCCNc2ccccc2Cl)c(Br)c1. The predicted octanol–water partition coefficient (Wildman–Crippen LogP) is 4.90. The number of aryl methyl sites for hydroxylation is 1. The van der Waals surface area contributed by atoms with Gasteiger partial charge in [0.2, 0.25) is 0 Å². The van der Waals surface area contributed by atoms with E-state index in [2.05, 4.69) is 21.2 Å². The molecule has 0 aliphatic heterocycles. The Labute approximate surface area is 126 Å². The van der Waals surface area contributed by atoms with Crippen LogP contribution in [0.1, 0.15) is 5.56 Å². The largest absolute Gasteiger partial charge is 0.491 e. The molecule has 0 atom stereocenters. The van der Waals surface area contributed by atoms with Gasteiger partial charge in [-0.3, -0.25) is 0 Å². The highest BCUT2D eigenvalue weighted by molar-refractivity contribution is 9.10. The Morgan fingerprint density at radius 2 is 2.00 bits per heavy atom. The summed E-state index contributed by atoms with van der Waals surface area (Å²) in [6.07, 6.45) is 0. The highest BCUT2D eigenvalue weighted by Crippen LogP contribution is 2.25. The van der Waals surface area contributed by atoms with Gasteiger partial charge in [-0.05, 0) is 52.7 Å². The summed E-state index contributed by atoms with van der Waals surface area (Å²) in [5.41, 5.74) is 2.13. The molecule has 0 bridgehead atoms. The Bertz CT molecular complexity index is 560. The van der Waals surface area contributed by atoms with Crippen molar-refractivity contribution in [3.63, 3.8) is 0 Å². The van der Waals surface area contributed by atoms with Gasteiger partial charge in [0.15, 0.2) is 0 Å². The molecule has 2 rings (SSSR count). The lowest BCUT2D eigenvalue weighted by Crippen LogP contribution is -2.11. The highest BCUT2D eigenvalue weighted by Gasteiger charge is 2.01. The lowest BCUT2D eigenvalue weighted by atomic mass is 10.2. The van der Waals surface area contributed by atoms with Crippen LogP contribution < -0.4 is 10.1 Å². The maximum atomic E-state index is 6.05. The lowest BCUT2D eigenvalue weighted by Gasteiger charge is -2.11. The molecule has 0 saturated carbocycles. The second kappa shape index (κ2) is 6.83. The Balaban J connectivity index is 1.83. The molecule has 0 amide bonds. The first-order chi connectivity index (χ1) is 9.16. The number of hydrogen-bond donors (Lipinski definition) is 1. The van der Waals surface area contributed by atoms with Gasteiger partial charge in [0, 0.05) is 6.54 Å². The van der Waals surface area contributed by atoms with E-state index in [4.69, 9.17) is 16.3 Å². The number of nitrogens with one attached hydrogen (secondary N) is 1. The van der Waals surface area contributed by atoms with Crippen molar-refractivity contribution < 1.29 is 4.74 Å². The van der Waals surface area contributed by atoms with Crippen LogP contribution in [0, 0.1) is 6.92 Å². The van der Waals surface area contributed by atoms with Crippen molar-refractivity contribution in [2.24, 2.45) is 0 Å². The number of anilines is 1. The zero-order valence-corrected chi connectivity index (χ0v) is 13.0. The average molecular weight is 341 g/mol. The van der Waals surface area contributed by atoms with Crippen LogP contribution in [0.2, 0.25) is 5.02 Å². The predicted molar refractivity (Wildman–Crippen MR) is 84.3 cm³/mol. The van der Waals surface area contributed by atoms with E-state index in [9.17, 15) is 0 Å². The molecule has 0 spiro atoms. The number of benzene rings is 2. The molecule has 4 heteroatoms. The molecule has 0 fully saturated rings. The van der Waals surface area contributed by atoms with Gasteiger partial charge in [-0.25, -0.2) is 0 Å². The molecule has 100 valence electrons. The third-order valence-electron chi connectivity index (χ3n) is 2.64. The zero-order chi connectivity index (χ0) is 13.7. The summed E-state index contributed by atoms with van der Waals surface area (Å²) in [6, 6.07) is 13.7. The fourth-order valence-corrected chi connectivity index (χ4v) is 2.48. The smallest absolute Gasteiger partial charge is 0.133 e. The van der Waals surface area contributed by atoms with Crippen molar-refractivity contribution in [1.29, 1.82) is 0 Å². The molecule has 2 aromatic rings. The molecule has 0 radical (unpaired) electrons. The van der Waals surface area contributed by atoms with Crippen molar-refractivity contribution >= 4 is 33.2 Å². The molecule has 19 heavy (non-hydrogen) atoms. The van der Waals surface area contributed by atoms with Crippen LogP contribution in [-0.2, 0) is 0 Å². The first kappa shape index (κ1) is 14.2. The number of ether oxygens (including phenoxy) is 1. The number of halogens is 2. The molecule has 0 heterocycles. The maximum absolute atomic E-state index is 6.05. The molecule has 0 unspecified atom stereocenters. The Morgan fingerprint density at radius 1 is 1.21 bits per heavy atom. The summed E-state index contributed by atoms with van der Waals surface area (Å²) in [7, 11) is 0. The first-order valence-electron chi connectivity index (χ1n) is 6.04. The molecule has 0 aliphatic carbocycles. The first-order valence-corrected chi connectivity index (χ1v) is 7.21. The van der Waals surface area contributed by atoms with Gasteiger partial charge in [-0.1, -0.05) is 29.8 Å². The summed E-state index contributed by atoms with van der Waals surface area (Å²) in [5, 5.41) is 3.96. The molecule has 0 aromatic heterocycles. The standard InChI is InChI=1S/C15H15BrClNO/c1-11-6-7-15(12(16)10-11)19-9-8-18-14-5-3-2-4-13(14)17/h2-7,10,18H,8-9H2,1H3. The molecule has 0 saturated heterocycles. The van der Waals surface area contributed by atoms with Gasteiger partial charge in [0.1, 0.15) is 12.4 Å². The molecule has 2 nitrogen and oxygen atoms in total. The van der Waals surface area contributed by atoms with Crippen LogP contribution in [0.3, 0.4) is 0 Å². The Hall–Kier alpha value is -1.19. The minimum atomic E-state index is 0.576. The summed E-state index contributed by atoms with van der Waals surface area (Å²) in [4.78, 5) is 0. The lowest BCUT2D eigenvalue weighted by molar-refractivity contribution is 0.331. The van der Waals surface area contributed by atoms with Crippen LogP contribution >= 0.6 is 27.5 Å². The van der Waals surface area contributed by atoms with Crippen LogP contribution in [0.4, 0.5) is 5.69 Å². The fraction of sp³-hybridized carbons (Fsp3) is 0.200. The van der Waals surface area contributed by atoms with Crippen molar-refractivity contribution in [3.8, 4) is 5.75 Å². The monoisotopic (exact) mass is 339 g/mol. The van der Waals surface area contributed by atoms with Crippen molar-refractivity contribution in [2.75, 3.05) is 18.5 Å². The number of para-hydroxylation sites is 1. The number of hydrogen-bond acceptors (Lipinski definition) is 2. The van der Waals surface area contributed by atoms with Gasteiger partial charge >= 0.3 is 0 Å². The zero-order valence-electron chi connectivity index (χ0n) is 10.6. The molecule has 2 aromatic carbocycles. The number of rotatable bonds is 5. The molecular formula is C15H15BrClNO. The minimum Gasteiger partial charge on any atom is -0.491 e. The normalized spacial score (nSPS) is 10.3. The topological polar surface area (TPSA) is 21.3 Å². The van der Waals surface area contributed by atoms with Gasteiger partial charge in [0.05, 0.1) is 15.2 Å². The van der Waals surface area contributed by atoms with Crippen LogP contribution in [0.15, 0.2) is 46.9 Å². The van der Waals surface area contributed by atoms with E-state index in [-0.39, 0.29) is 0 Å². The van der Waals surface area contributed by atoms with Crippen molar-refractivity contribution in [3.05, 3.63) is 57.5 Å². The third-order valence-corrected chi connectivity index (χ3v) is 3.59. The van der Waals surface area contributed by atoms with Gasteiger partial charge in [-0.15, -0.1) is 0 Å². The summed E-state index contributed by atoms with van der Waals surface area (Å²) in [5.74, 6) is 0.853. The Kier molecular flexibility index (Phi) is 5.11. The minimum absolute atomic E-state index is 0.576. The summed E-state index contributed by atoms with van der Waals surface area (Å²) < 4.78 is 6.68. The van der Waals surface area contributed by atoms with Crippen LogP contribution in [0.25, 0.3) is 0 Å². The van der Waals surface area contributed by atoms with Gasteiger partial charge in [-0.2, -0.15) is 0 Å². The van der Waals surface area contributed by atoms with E-state index < -0.39 is 0 Å². The third kappa shape index (κ3) is 4.15. The van der Waals surface area contributed by atoms with Gasteiger partial charge in [0.25, 0.3) is 0 Å². The second-order valence-electron chi connectivity index (χ2n) is 4.19. The average Bonchev–Trinajstić information content (AvgIpc) is 2.38. The molecule has 1 N–H and O–H groups in total. The van der Waals surface area contributed by atoms with E-state index in [0.29, 0.717) is 13.2 Å². The van der Waals surface area contributed by atoms with Crippen molar-refractivity contribution in [2.45, 2.75) is 6.92 Å². The Morgan fingerprint density at radius 3 is 2.74 bits per heavy atom. The van der Waals surface area contributed by atoms with E-state index in [0.717, 1.165) is 20.9 Å². The second-order valence-corrected chi connectivity index (χ2v) is 5.45. The van der Waals surface area contributed by atoms with Gasteiger partial charge < -0.3 is 10.1 Å². The van der Waals surface area contributed by atoms with E-state index in [1.165, 1.54) is 5.56 Å². The van der Waals surface area contributed by atoms with E-state index in [1.54, 1.807) is 0 Å². The summed E-state index contributed by atoms with van der Waals surface area (Å²) >= 11 is 9.54. The van der Waals surface area contributed by atoms with Crippen molar-refractivity contribution in [1.82, 2.24) is 0 Å². The van der Waals surface area contributed by atoms with E-state index in [1.807, 2.05) is 49.4 Å². The van der Waals surface area contributed by atoms with Crippen LogP contribution in [-0.4, -0.2) is 13.2 Å². The fourth-order valence-electron chi connectivity index (χ4n) is 1.67. The van der Waals surface area contributed by atoms with E-state index >= 15 is 0 Å². The quantitative estimate of drug-likeness (QED) is 0.782. The summed E-state index contributed by atoms with van der Waals surface area (Å²) in [6.45, 7) is 3.32. The molecule has 0 aliphatic rings. The maximum Gasteiger partial charge on any atom is 0.133 e. The molecular weight excluding hydrogens is 326 g/mol. The highest BCUT2D eigenvalue weighted by atomic mass is 79.9.